The van der Waals surface area contributed by atoms with Crippen molar-refractivity contribution in [3.63, 3.8) is 0 Å². The number of pyridine rings is 1. The molecule has 3 rings (SSSR count). The van der Waals surface area contributed by atoms with Gasteiger partial charge in [-0.3, -0.25) is 9.78 Å². The van der Waals surface area contributed by atoms with Crippen molar-refractivity contribution in [2.24, 2.45) is 0 Å². The Morgan fingerprint density at radius 3 is 3.00 bits per heavy atom. The Bertz CT molecular complexity index is 692. The van der Waals surface area contributed by atoms with Crippen molar-refractivity contribution >= 4 is 16.8 Å². The molecule has 6 heteroatoms. The summed E-state index contributed by atoms with van der Waals surface area (Å²) in [4.78, 5) is 17.8. The fourth-order valence-electron chi connectivity index (χ4n) is 2.67. The maximum Gasteiger partial charge on any atom is 0.255 e. The van der Waals surface area contributed by atoms with Crippen molar-refractivity contribution in [3.8, 4) is 0 Å². The summed E-state index contributed by atoms with van der Waals surface area (Å²) in [6, 6.07) is 5.14. The normalized spacial score (nSPS) is 22.0. The van der Waals surface area contributed by atoms with Gasteiger partial charge in [-0.2, -0.15) is 0 Å². The van der Waals surface area contributed by atoms with Crippen LogP contribution in [0, 0.1) is 5.82 Å². The van der Waals surface area contributed by atoms with Crippen molar-refractivity contribution in [2.75, 3.05) is 13.2 Å². The molecule has 1 aliphatic heterocycles. The number of nitrogens with zero attached hydrogens (tertiary/aromatic N) is 2. The molecular weight excluding hydrogens is 278 g/mol. The van der Waals surface area contributed by atoms with Crippen LogP contribution >= 0.6 is 0 Å². The molecular formula is C15H14F2N2O2. The molecule has 0 spiro atoms. The molecule has 0 saturated carbocycles. The lowest BCUT2D eigenvalue weighted by Gasteiger charge is -2.22. The number of carbonyl (C=O) groups excluding carboxylic acids is 1. The highest BCUT2D eigenvalue weighted by Gasteiger charge is 2.35. The molecule has 1 N–H and O–H groups in total. The molecule has 0 bridgehead atoms. The number of carbonyl (C=O) groups is 1. The van der Waals surface area contributed by atoms with Crippen LogP contribution in [0.5, 0.6) is 0 Å². The van der Waals surface area contributed by atoms with E-state index in [0.717, 1.165) is 0 Å². The highest BCUT2D eigenvalue weighted by molar-refractivity contribution is 5.97. The molecule has 0 unspecified atom stereocenters. The molecule has 0 aliphatic carbocycles. The number of benzene rings is 1. The number of alkyl halides is 1. The molecule has 110 valence electrons. The molecule has 4 nitrogen and oxygen atoms in total. The number of aromatic nitrogens is 1. The first kappa shape index (κ1) is 13.9. The zero-order valence-corrected chi connectivity index (χ0v) is 11.2. The van der Waals surface area contributed by atoms with E-state index in [2.05, 4.69) is 4.98 Å². The zero-order chi connectivity index (χ0) is 15.0. The third kappa shape index (κ3) is 2.58. The molecule has 2 heterocycles. The van der Waals surface area contributed by atoms with Crippen LogP contribution < -0.4 is 0 Å². The second-order valence-electron chi connectivity index (χ2n) is 5.19. The topological polar surface area (TPSA) is 53.4 Å². The van der Waals surface area contributed by atoms with Gasteiger partial charge >= 0.3 is 0 Å². The summed E-state index contributed by atoms with van der Waals surface area (Å²) in [5, 5.41) is 9.74. The van der Waals surface area contributed by atoms with Crippen LogP contribution in [0.3, 0.4) is 0 Å². The van der Waals surface area contributed by atoms with Crippen LogP contribution in [0.15, 0.2) is 30.5 Å². The molecule has 1 aromatic carbocycles. The van der Waals surface area contributed by atoms with Gasteiger partial charge in [0.05, 0.1) is 30.3 Å². The molecule has 21 heavy (non-hydrogen) atoms. The summed E-state index contributed by atoms with van der Waals surface area (Å²) in [7, 11) is 0. The third-order valence-corrected chi connectivity index (χ3v) is 3.73. The van der Waals surface area contributed by atoms with E-state index in [1.54, 1.807) is 0 Å². The minimum absolute atomic E-state index is 0.0365. The van der Waals surface area contributed by atoms with Crippen LogP contribution in [0.4, 0.5) is 8.78 Å². The number of fused-ring (bicyclic) bond motifs is 1. The molecule has 1 aliphatic rings. The Kier molecular flexibility index (Phi) is 3.55. The van der Waals surface area contributed by atoms with Crippen LogP contribution in [0.25, 0.3) is 10.9 Å². The largest absolute Gasteiger partial charge is 0.394 e. The lowest BCUT2D eigenvalue weighted by Crippen LogP contribution is -2.37. The lowest BCUT2D eigenvalue weighted by molar-refractivity contribution is 0.0672. The Morgan fingerprint density at radius 1 is 1.43 bits per heavy atom. The van der Waals surface area contributed by atoms with Crippen molar-refractivity contribution in [1.82, 2.24) is 9.88 Å². The molecule has 1 aromatic heterocycles. The Morgan fingerprint density at radius 2 is 2.24 bits per heavy atom. The first-order valence-electron chi connectivity index (χ1n) is 6.69. The van der Waals surface area contributed by atoms with E-state index < -0.39 is 23.9 Å². The Hall–Kier alpha value is -2.08. The van der Waals surface area contributed by atoms with Gasteiger partial charge in [0.25, 0.3) is 5.91 Å². The first-order valence-corrected chi connectivity index (χ1v) is 6.69. The molecule has 1 amide bonds. The average Bonchev–Trinajstić information content (AvgIpc) is 2.86. The average molecular weight is 292 g/mol. The predicted octanol–water partition coefficient (Wildman–Crippen LogP) is 1.92. The standard InChI is InChI=1S/C15H14F2N2O2/c16-11-1-2-14-9(4-11)3-10(6-18-14)15(21)19-7-12(17)5-13(19)8-20/h1-4,6,12-13,20H,5,7-8H2/t12-,13-/m0/s1. The number of likely N-dealkylation sites (tertiary alicyclic amines) is 1. The smallest absolute Gasteiger partial charge is 0.255 e. The number of rotatable bonds is 2. The van der Waals surface area contributed by atoms with E-state index in [9.17, 15) is 18.7 Å². The van der Waals surface area contributed by atoms with Gasteiger partial charge in [-0.1, -0.05) is 0 Å². The monoisotopic (exact) mass is 292 g/mol. The number of aliphatic hydroxyl groups excluding tert-OH is 1. The van der Waals surface area contributed by atoms with Crippen LogP contribution in [-0.2, 0) is 0 Å². The van der Waals surface area contributed by atoms with E-state index in [1.807, 2.05) is 0 Å². The second-order valence-corrected chi connectivity index (χ2v) is 5.19. The molecule has 2 aromatic rings. The van der Waals surface area contributed by atoms with Gasteiger partial charge in [0.2, 0.25) is 0 Å². The summed E-state index contributed by atoms with van der Waals surface area (Å²) in [5.41, 5.74) is 0.845. The van der Waals surface area contributed by atoms with E-state index in [-0.39, 0.29) is 25.1 Å². The van der Waals surface area contributed by atoms with Gasteiger partial charge in [0, 0.05) is 18.0 Å². The van der Waals surface area contributed by atoms with Crippen molar-refractivity contribution < 1.29 is 18.7 Å². The Labute approximate surface area is 120 Å². The summed E-state index contributed by atoms with van der Waals surface area (Å²) in [6.45, 7) is -0.312. The van der Waals surface area contributed by atoms with Crippen LogP contribution in [0.1, 0.15) is 16.8 Å². The van der Waals surface area contributed by atoms with E-state index >= 15 is 0 Å². The highest BCUT2D eigenvalue weighted by atomic mass is 19.1. The van der Waals surface area contributed by atoms with Crippen molar-refractivity contribution in [3.05, 3.63) is 41.8 Å². The van der Waals surface area contributed by atoms with Gasteiger partial charge < -0.3 is 10.0 Å². The first-order chi connectivity index (χ1) is 10.1. The molecule has 1 saturated heterocycles. The van der Waals surface area contributed by atoms with E-state index in [1.165, 1.54) is 35.4 Å². The van der Waals surface area contributed by atoms with Gasteiger partial charge in [-0.25, -0.2) is 8.78 Å². The molecule has 2 atom stereocenters. The van der Waals surface area contributed by atoms with E-state index in [4.69, 9.17) is 0 Å². The SMILES string of the molecule is O=C(c1cnc2ccc(F)cc2c1)N1C[C@@H](F)C[C@H]1CO. The summed E-state index contributed by atoms with van der Waals surface area (Å²) in [5.74, 6) is -0.806. The zero-order valence-electron chi connectivity index (χ0n) is 11.2. The van der Waals surface area contributed by atoms with Crippen molar-refractivity contribution in [1.29, 1.82) is 0 Å². The van der Waals surface area contributed by atoms with Gasteiger partial charge in [0.1, 0.15) is 12.0 Å². The molecule has 1 fully saturated rings. The fraction of sp³-hybridized carbons (Fsp3) is 0.333. The van der Waals surface area contributed by atoms with E-state index in [0.29, 0.717) is 10.9 Å². The number of hydrogen-bond donors (Lipinski definition) is 1. The lowest BCUT2D eigenvalue weighted by atomic mass is 10.1. The van der Waals surface area contributed by atoms with Crippen LogP contribution in [0.2, 0.25) is 0 Å². The van der Waals surface area contributed by atoms with Gasteiger partial charge in [-0.15, -0.1) is 0 Å². The number of halogens is 2. The predicted molar refractivity (Wildman–Crippen MR) is 73.1 cm³/mol. The minimum Gasteiger partial charge on any atom is -0.394 e. The summed E-state index contributed by atoms with van der Waals surface area (Å²) >= 11 is 0. The van der Waals surface area contributed by atoms with Gasteiger partial charge in [-0.05, 0) is 24.3 Å². The third-order valence-electron chi connectivity index (χ3n) is 3.73. The summed E-state index contributed by atoms with van der Waals surface area (Å²) in [6.07, 6.45) is 0.400. The van der Waals surface area contributed by atoms with Gasteiger partial charge in [0.15, 0.2) is 0 Å². The van der Waals surface area contributed by atoms with Crippen molar-refractivity contribution in [2.45, 2.75) is 18.6 Å². The summed E-state index contributed by atoms with van der Waals surface area (Å²) < 4.78 is 26.7. The second kappa shape index (κ2) is 5.37. The number of amides is 1. The quantitative estimate of drug-likeness (QED) is 0.920. The maximum atomic E-state index is 13.4. The number of aliphatic hydroxyl groups is 1. The highest BCUT2D eigenvalue weighted by Crippen LogP contribution is 2.23. The molecule has 0 radical (unpaired) electrons. The maximum absolute atomic E-state index is 13.4. The van der Waals surface area contributed by atoms with Crippen LogP contribution in [-0.4, -0.2) is 46.3 Å². The minimum atomic E-state index is -1.13. The number of hydrogen-bond acceptors (Lipinski definition) is 3. The fourth-order valence-corrected chi connectivity index (χ4v) is 2.67. The Balaban J connectivity index is 1.94.